The van der Waals surface area contributed by atoms with Crippen LogP contribution in [0.25, 0.3) is 0 Å². The lowest BCUT2D eigenvalue weighted by Gasteiger charge is -2.10. The Balaban J connectivity index is 1.79. The van der Waals surface area contributed by atoms with E-state index in [4.69, 9.17) is 23.2 Å². The van der Waals surface area contributed by atoms with Gasteiger partial charge in [0.05, 0.1) is 15.6 Å². The first-order valence-electron chi connectivity index (χ1n) is 7.44. The molecule has 3 rings (SSSR count). The molecule has 2 N–H and O–H groups in total. The molecule has 2 heterocycles. The lowest BCUT2D eigenvalue weighted by molar-refractivity contribution is 0.102. The van der Waals surface area contributed by atoms with Crippen molar-refractivity contribution in [2.75, 3.05) is 10.6 Å². The second-order valence-electron chi connectivity index (χ2n) is 5.32. The SMILES string of the molecule is Cc1ccnc(Nc2cc(NC(=O)c3c(Cl)cccc3Cl)ccn2)c1. The number of aromatic nitrogens is 2. The Morgan fingerprint density at radius 2 is 1.60 bits per heavy atom. The van der Waals surface area contributed by atoms with Crippen LogP contribution in [0, 0.1) is 6.92 Å². The number of hydrogen-bond donors (Lipinski definition) is 2. The van der Waals surface area contributed by atoms with Crippen LogP contribution in [0.2, 0.25) is 10.0 Å². The number of hydrogen-bond acceptors (Lipinski definition) is 4. The first kappa shape index (κ1) is 17.2. The molecule has 7 heteroatoms. The summed E-state index contributed by atoms with van der Waals surface area (Å²) in [6, 6.07) is 12.1. The number of carbonyl (C=O) groups is 1. The summed E-state index contributed by atoms with van der Waals surface area (Å²) in [5, 5.41) is 6.45. The molecule has 0 fully saturated rings. The number of anilines is 3. The molecule has 5 nitrogen and oxygen atoms in total. The molecule has 0 aliphatic heterocycles. The number of pyridine rings is 2. The molecule has 1 amide bonds. The van der Waals surface area contributed by atoms with Gasteiger partial charge in [0.15, 0.2) is 0 Å². The lowest BCUT2D eigenvalue weighted by atomic mass is 10.2. The minimum absolute atomic E-state index is 0.234. The topological polar surface area (TPSA) is 66.9 Å². The van der Waals surface area contributed by atoms with Gasteiger partial charge < -0.3 is 10.6 Å². The fraction of sp³-hybridized carbons (Fsp3) is 0.0556. The molecule has 25 heavy (non-hydrogen) atoms. The Morgan fingerprint density at radius 1 is 0.960 bits per heavy atom. The third kappa shape index (κ3) is 4.26. The van der Waals surface area contributed by atoms with E-state index in [2.05, 4.69) is 20.6 Å². The second-order valence-corrected chi connectivity index (χ2v) is 6.14. The molecule has 0 atom stereocenters. The number of aryl methyl sites for hydroxylation is 1. The number of rotatable bonds is 4. The molecule has 2 aromatic heterocycles. The van der Waals surface area contributed by atoms with Crippen molar-refractivity contribution in [1.82, 2.24) is 9.97 Å². The molecule has 0 bridgehead atoms. The zero-order chi connectivity index (χ0) is 17.8. The summed E-state index contributed by atoms with van der Waals surface area (Å²) in [6.45, 7) is 1.98. The van der Waals surface area contributed by atoms with Crippen LogP contribution in [0.3, 0.4) is 0 Å². The van der Waals surface area contributed by atoms with Crippen LogP contribution in [0.4, 0.5) is 17.3 Å². The van der Waals surface area contributed by atoms with Crippen molar-refractivity contribution < 1.29 is 4.79 Å². The van der Waals surface area contributed by atoms with Gasteiger partial charge in [0.1, 0.15) is 11.6 Å². The molecule has 126 valence electrons. The van der Waals surface area contributed by atoms with E-state index in [0.29, 0.717) is 27.4 Å². The van der Waals surface area contributed by atoms with E-state index in [-0.39, 0.29) is 11.5 Å². The summed E-state index contributed by atoms with van der Waals surface area (Å²) < 4.78 is 0. The quantitative estimate of drug-likeness (QED) is 0.669. The predicted octanol–water partition coefficient (Wildman–Crippen LogP) is 5.09. The van der Waals surface area contributed by atoms with Crippen LogP contribution in [-0.4, -0.2) is 15.9 Å². The van der Waals surface area contributed by atoms with Gasteiger partial charge in [-0.25, -0.2) is 9.97 Å². The molecule has 0 aliphatic rings. The Morgan fingerprint density at radius 3 is 2.28 bits per heavy atom. The van der Waals surface area contributed by atoms with E-state index in [9.17, 15) is 4.79 Å². The summed E-state index contributed by atoms with van der Waals surface area (Å²) in [6.07, 6.45) is 3.30. The minimum atomic E-state index is -0.388. The third-order valence-electron chi connectivity index (χ3n) is 3.38. The molecule has 0 saturated heterocycles. The second kappa shape index (κ2) is 7.51. The number of nitrogens with one attached hydrogen (secondary N) is 2. The summed E-state index contributed by atoms with van der Waals surface area (Å²) >= 11 is 12.1. The Bertz CT molecular complexity index is 910. The third-order valence-corrected chi connectivity index (χ3v) is 4.01. The van der Waals surface area contributed by atoms with Crippen LogP contribution in [-0.2, 0) is 0 Å². The molecule has 0 spiro atoms. The van der Waals surface area contributed by atoms with Crippen LogP contribution >= 0.6 is 23.2 Å². The standard InChI is InChI=1S/C18H14Cl2N4O/c1-11-5-7-21-15(9-11)24-16-10-12(6-8-22-16)23-18(25)17-13(19)3-2-4-14(17)20/h2-10H,1H3,(H2,21,22,23,24,25). The molecule has 0 saturated carbocycles. The lowest BCUT2D eigenvalue weighted by Crippen LogP contribution is -2.13. The van der Waals surface area contributed by atoms with Crippen LogP contribution < -0.4 is 10.6 Å². The maximum atomic E-state index is 12.4. The van der Waals surface area contributed by atoms with Crippen LogP contribution in [0.15, 0.2) is 54.9 Å². The summed E-state index contributed by atoms with van der Waals surface area (Å²) in [5.41, 5.74) is 1.87. The van der Waals surface area contributed by atoms with E-state index >= 15 is 0 Å². The van der Waals surface area contributed by atoms with Crippen molar-refractivity contribution in [3.05, 3.63) is 76.0 Å². The van der Waals surface area contributed by atoms with Gasteiger partial charge in [-0.2, -0.15) is 0 Å². The van der Waals surface area contributed by atoms with Crippen LogP contribution in [0.1, 0.15) is 15.9 Å². The average molecular weight is 373 g/mol. The number of nitrogens with zero attached hydrogens (tertiary/aromatic N) is 2. The fourth-order valence-electron chi connectivity index (χ4n) is 2.22. The van der Waals surface area contributed by atoms with E-state index in [1.807, 2.05) is 19.1 Å². The largest absolute Gasteiger partial charge is 0.325 e. The van der Waals surface area contributed by atoms with Crippen molar-refractivity contribution in [3.63, 3.8) is 0 Å². The highest BCUT2D eigenvalue weighted by Crippen LogP contribution is 2.25. The molecule has 3 aromatic rings. The van der Waals surface area contributed by atoms with Gasteiger partial charge in [0.25, 0.3) is 5.91 Å². The van der Waals surface area contributed by atoms with Crippen molar-refractivity contribution in [1.29, 1.82) is 0 Å². The predicted molar refractivity (Wildman–Crippen MR) is 101 cm³/mol. The summed E-state index contributed by atoms with van der Waals surface area (Å²) in [5.74, 6) is 0.840. The van der Waals surface area contributed by atoms with Crippen LogP contribution in [0.5, 0.6) is 0 Å². The number of halogens is 2. The minimum Gasteiger partial charge on any atom is -0.325 e. The monoisotopic (exact) mass is 372 g/mol. The smallest absolute Gasteiger partial charge is 0.258 e. The Kier molecular flexibility index (Phi) is 5.16. The first-order chi connectivity index (χ1) is 12.0. The van der Waals surface area contributed by atoms with Gasteiger partial charge in [-0.3, -0.25) is 4.79 Å². The first-order valence-corrected chi connectivity index (χ1v) is 8.19. The highest BCUT2D eigenvalue weighted by atomic mass is 35.5. The fourth-order valence-corrected chi connectivity index (χ4v) is 2.79. The van der Waals surface area contributed by atoms with E-state index in [0.717, 1.165) is 5.56 Å². The van der Waals surface area contributed by atoms with Gasteiger partial charge in [-0.1, -0.05) is 29.3 Å². The Hall–Kier alpha value is -2.63. The molecule has 1 aromatic carbocycles. The molecule has 0 radical (unpaired) electrons. The summed E-state index contributed by atoms with van der Waals surface area (Å²) in [4.78, 5) is 20.9. The van der Waals surface area contributed by atoms with Gasteiger partial charge in [0.2, 0.25) is 0 Å². The summed E-state index contributed by atoms with van der Waals surface area (Å²) in [7, 11) is 0. The molecule has 0 unspecified atom stereocenters. The molecule has 0 aliphatic carbocycles. The van der Waals surface area contributed by atoms with Crippen molar-refractivity contribution in [2.45, 2.75) is 6.92 Å². The van der Waals surface area contributed by atoms with Gasteiger partial charge >= 0.3 is 0 Å². The van der Waals surface area contributed by atoms with Crippen molar-refractivity contribution in [3.8, 4) is 0 Å². The molecular weight excluding hydrogens is 359 g/mol. The maximum Gasteiger partial charge on any atom is 0.258 e. The van der Waals surface area contributed by atoms with E-state index in [1.54, 1.807) is 42.7 Å². The Labute approximate surface area is 155 Å². The maximum absolute atomic E-state index is 12.4. The highest BCUT2D eigenvalue weighted by molar-refractivity contribution is 6.40. The van der Waals surface area contributed by atoms with E-state index in [1.165, 1.54) is 0 Å². The molecular formula is C18H14Cl2N4O. The zero-order valence-electron chi connectivity index (χ0n) is 13.3. The van der Waals surface area contributed by atoms with Gasteiger partial charge in [-0.05, 0) is 42.8 Å². The van der Waals surface area contributed by atoms with E-state index < -0.39 is 0 Å². The number of benzene rings is 1. The number of carbonyl (C=O) groups excluding carboxylic acids is 1. The number of amides is 1. The van der Waals surface area contributed by atoms with Gasteiger partial charge in [0, 0.05) is 24.1 Å². The van der Waals surface area contributed by atoms with Crippen molar-refractivity contribution >= 4 is 46.4 Å². The normalized spacial score (nSPS) is 10.4. The zero-order valence-corrected chi connectivity index (χ0v) is 14.8. The van der Waals surface area contributed by atoms with Gasteiger partial charge in [-0.15, -0.1) is 0 Å². The highest BCUT2D eigenvalue weighted by Gasteiger charge is 2.14. The average Bonchev–Trinajstić information content (AvgIpc) is 2.55. The van der Waals surface area contributed by atoms with Crippen molar-refractivity contribution in [2.24, 2.45) is 0 Å².